The highest BCUT2D eigenvalue weighted by atomic mass is 16.5. The zero-order valence-corrected chi connectivity index (χ0v) is 12.2. The molecule has 2 rings (SSSR count). The van der Waals surface area contributed by atoms with Gasteiger partial charge in [0.2, 0.25) is 0 Å². The highest BCUT2D eigenvalue weighted by molar-refractivity contribution is 5.48. The van der Waals surface area contributed by atoms with Crippen LogP contribution < -0.4 is 10.1 Å². The Labute approximate surface area is 116 Å². The highest BCUT2D eigenvalue weighted by Crippen LogP contribution is 2.21. The largest absolute Gasteiger partial charge is 0.491 e. The molecule has 106 valence electrons. The summed E-state index contributed by atoms with van der Waals surface area (Å²) in [5.74, 6) is 0.911. The van der Waals surface area contributed by atoms with Gasteiger partial charge in [-0.15, -0.1) is 0 Å². The number of ether oxygens (including phenoxy) is 2. The highest BCUT2D eigenvalue weighted by Gasteiger charge is 2.16. The van der Waals surface area contributed by atoms with Crippen molar-refractivity contribution in [1.82, 2.24) is 0 Å². The summed E-state index contributed by atoms with van der Waals surface area (Å²) in [4.78, 5) is 0. The fourth-order valence-electron chi connectivity index (χ4n) is 2.03. The van der Waals surface area contributed by atoms with Crippen molar-refractivity contribution < 1.29 is 9.47 Å². The van der Waals surface area contributed by atoms with Crippen LogP contribution in [0.2, 0.25) is 0 Å². The third-order valence-electron chi connectivity index (χ3n) is 3.12. The van der Waals surface area contributed by atoms with Gasteiger partial charge in [0.05, 0.1) is 6.10 Å². The summed E-state index contributed by atoms with van der Waals surface area (Å²) in [6.45, 7) is 9.14. The Morgan fingerprint density at radius 3 is 2.89 bits per heavy atom. The van der Waals surface area contributed by atoms with Gasteiger partial charge < -0.3 is 14.8 Å². The first-order chi connectivity index (χ1) is 9.03. The molecule has 1 aliphatic heterocycles. The smallest absolute Gasteiger partial charge is 0.121 e. The Balaban J connectivity index is 1.84. The molecule has 1 heterocycles. The summed E-state index contributed by atoms with van der Waals surface area (Å²) >= 11 is 0. The first-order valence-corrected chi connectivity index (χ1v) is 7.11. The average Bonchev–Trinajstić information content (AvgIpc) is 2.87. The first-order valence-electron chi connectivity index (χ1n) is 7.11. The Morgan fingerprint density at radius 2 is 2.21 bits per heavy atom. The Morgan fingerprint density at radius 1 is 1.37 bits per heavy atom. The molecule has 0 bridgehead atoms. The first kappa shape index (κ1) is 14.2. The zero-order chi connectivity index (χ0) is 13.7. The van der Waals surface area contributed by atoms with E-state index in [2.05, 4.69) is 38.2 Å². The molecular weight excluding hydrogens is 238 g/mol. The van der Waals surface area contributed by atoms with E-state index in [1.54, 1.807) is 0 Å². The molecule has 1 aliphatic rings. The second kappa shape index (κ2) is 6.29. The summed E-state index contributed by atoms with van der Waals surface area (Å²) in [6.07, 6.45) is 2.54. The van der Waals surface area contributed by atoms with Gasteiger partial charge in [-0.25, -0.2) is 0 Å². The van der Waals surface area contributed by atoms with Crippen molar-refractivity contribution in [3.05, 3.63) is 24.3 Å². The van der Waals surface area contributed by atoms with E-state index in [9.17, 15) is 0 Å². The number of anilines is 1. The maximum absolute atomic E-state index is 5.80. The Hall–Kier alpha value is -1.22. The molecule has 1 aromatic carbocycles. The van der Waals surface area contributed by atoms with Crippen molar-refractivity contribution in [2.24, 2.45) is 5.41 Å². The van der Waals surface area contributed by atoms with Crippen LogP contribution in [-0.2, 0) is 4.74 Å². The lowest BCUT2D eigenvalue weighted by molar-refractivity contribution is 0.0680. The van der Waals surface area contributed by atoms with Crippen LogP contribution >= 0.6 is 0 Å². The van der Waals surface area contributed by atoms with E-state index in [0.717, 1.165) is 37.4 Å². The van der Waals surface area contributed by atoms with Gasteiger partial charge in [-0.2, -0.15) is 0 Å². The molecule has 3 heteroatoms. The summed E-state index contributed by atoms with van der Waals surface area (Å²) in [5.41, 5.74) is 1.38. The Bertz CT molecular complexity index is 392. The lowest BCUT2D eigenvalue weighted by atomic mass is 9.97. The van der Waals surface area contributed by atoms with Crippen LogP contribution in [0, 0.1) is 5.41 Å². The van der Waals surface area contributed by atoms with Gasteiger partial charge in [-0.3, -0.25) is 0 Å². The summed E-state index contributed by atoms with van der Waals surface area (Å²) < 4.78 is 11.4. The minimum atomic E-state index is 0.270. The molecule has 0 amide bonds. The molecule has 0 saturated carbocycles. The van der Waals surface area contributed by atoms with Gasteiger partial charge in [-0.1, -0.05) is 26.8 Å². The lowest BCUT2D eigenvalue weighted by Gasteiger charge is -2.20. The monoisotopic (exact) mass is 263 g/mol. The van der Waals surface area contributed by atoms with E-state index >= 15 is 0 Å². The van der Waals surface area contributed by atoms with Gasteiger partial charge in [0.15, 0.2) is 0 Å². The molecule has 1 N–H and O–H groups in total. The number of benzene rings is 1. The molecule has 1 atom stereocenters. The van der Waals surface area contributed by atoms with E-state index in [1.165, 1.54) is 0 Å². The van der Waals surface area contributed by atoms with Crippen molar-refractivity contribution >= 4 is 5.69 Å². The summed E-state index contributed by atoms with van der Waals surface area (Å²) in [7, 11) is 0. The fraction of sp³-hybridized carbons (Fsp3) is 0.625. The third-order valence-corrected chi connectivity index (χ3v) is 3.12. The summed E-state index contributed by atoms with van der Waals surface area (Å²) in [6, 6.07) is 8.15. The van der Waals surface area contributed by atoms with Crippen LogP contribution in [0.1, 0.15) is 33.6 Å². The quantitative estimate of drug-likeness (QED) is 0.878. The van der Waals surface area contributed by atoms with E-state index in [1.807, 2.05) is 12.1 Å². The van der Waals surface area contributed by atoms with Gasteiger partial charge in [0.25, 0.3) is 0 Å². The summed E-state index contributed by atoms with van der Waals surface area (Å²) in [5, 5.41) is 3.44. The number of hydrogen-bond donors (Lipinski definition) is 1. The zero-order valence-electron chi connectivity index (χ0n) is 12.2. The molecule has 1 unspecified atom stereocenters. The lowest BCUT2D eigenvalue weighted by Crippen LogP contribution is -2.19. The molecule has 1 fully saturated rings. The van der Waals surface area contributed by atoms with E-state index in [-0.39, 0.29) is 11.5 Å². The van der Waals surface area contributed by atoms with Crippen molar-refractivity contribution in [3.8, 4) is 5.75 Å². The van der Waals surface area contributed by atoms with Crippen molar-refractivity contribution in [3.63, 3.8) is 0 Å². The van der Waals surface area contributed by atoms with Crippen molar-refractivity contribution in [2.75, 3.05) is 25.1 Å². The van der Waals surface area contributed by atoms with Crippen LogP contribution in [0.4, 0.5) is 5.69 Å². The predicted octanol–water partition coefficient (Wildman–Crippen LogP) is 3.70. The van der Waals surface area contributed by atoms with Gasteiger partial charge in [0.1, 0.15) is 12.4 Å². The minimum Gasteiger partial charge on any atom is -0.491 e. The molecule has 1 aromatic rings. The predicted molar refractivity (Wildman–Crippen MR) is 78.9 cm³/mol. The molecule has 3 nitrogen and oxygen atoms in total. The second-order valence-corrected chi connectivity index (χ2v) is 6.39. The van der Waals surface area contributed by atoms with E-state index in [0.29, 0.717) is 6.61 Å². The van der Waals surface area contributed by atoms with E-state index < -0.39 is 0 Å². The number of hydrogen-bond acceptors (Lipinski definition) is 3. The van der Waals surface area contributed by atoms with Crippen LogP contribution in [0.3, 0.4) is 0 Å². The Kier molecular flexibility index (Phi) is 4.70. The fourth-order valence-corrected chi connectivity index (χ4v) is 2.03. The SMILES string of the molecule is CC(C)(C)CNc1cccc(OCC2CCCO2)c1. The van der Waals surface area contributed by atoms with Crippen molar-refractivity contribution in [1.29, 1.82) is 0 Å². The normalized spacial score (nSPS) is 19.4. The molecule has 0 radical (unpaired) electrons. The molecule has 0 aromatic heterocycles. The van der Waals surface area contributed by atoms with Crippen LogP contribution in [0.15, 0.2) is 24.3 Å². The number of nitrogens with one attached hydrogen (secondary N) is 1. The third kappa shape index (κ3) is 5.11. The van der Waals surface area contributed by atoms with E-state index in [4.69, 9.17) is 9.47 Å². The maximum atomic E-state index is 5.80. The van der Waals surface area contributed by atoms with Gasteiger partial charge >= 0.3 is 0 Å². The topological polar surface area (TPSA) is 30.5 Å². The van der Waals surface area contributed by atoms with Gasteiger partial charge in [0, 0.05) is 24.9 Å². The molecule has 1 saturated heterocycles. The van der Waals surface area contributed by atoms with Crippen LogP contribution in [-0.4, -0.2) is 25.9 Å². The maximum Gasteiger partial charge on any atom is 0.121 e. The standard InChI is InChI=1S/C16H25NO2/c1-16(2,3)12-17-13-6-4-7-14(10-13)19-11-15-8-5-9-18-15/h4,6-7,10,15,17H,5,8-9,11-12H2,1-3H3. The number of rotatable bonds is 5. The molecule has 0 spiro atoms. The second-order valence-electron chi connectivity index (χ2n) is 6.39. The minimum absolute atomic E-state index is 0.270. The molecule has 19 heavy (non-hydrogen) atoms. The van der Waals surface area contributed by atoms with Crippen LogP contribution in [0.5, 0.6) is 5.75 Å². The van der Waals surface area contributed by atoms with Crippen molar-refractivity contribution in [2.45, 2.75) is 39.7 Å². The molecule has 0 aliphatic carbocycles. The average molecular weight is 263 g/mol. The van der Waals surface area contributed by atoms with Crippen LogP contribution in [0.25, 0.3) is 0 Å². The molecular formula is C16H25NO2. The van der Waals surface area contributed by atoms with Gasteiger partial charge in [-0.05, 0) is 30.4 Å².